The topological polar surface area (TPSA) is 24.9 Å². The van der Waals surface area contributed by atoms with E-state index in [1.165, 1.54) is 5.56 Å². The van der Waals surface area contributed by atoms with Gasteiger partial charge in [-0.1, -0.05) is 55.3 Å². The van der Waals surface area contributed by atoms with Gasteiger partial charge in [0.05, 0.1) is 11.7 Å². The van der Waals surface area contributed by atoms with Gasteiger partial charge in [0.15, 0.2) is 5.15 Å². The predicted molar refractivity (Wildman–Crippen MR) is 81.7 cm³/mol. The Balaban J connectivity index is 2.27. The monoisotopic (exact) mass is 274 g/mol. The molecule has 1 heterocycles. The van der Waals surface area contributed by atoms with Gasteiger partial charge in [0.1, 0.15) is 0 Å². The second kappa shape index (κ2) is 6.58. The molecule has 0 saturated carbocycles. The third kappa shape index (κ3) is 3.48. The predicted octanol–water partition coefficient (Wildman–Crippen LogP) is 5.00. The van der Waals surface area contributed by atoms with E-state index in [0.29, 0.717) is 5.15 Å². The lowest BCUT2D eigenvalue weighted by Gasteiger charge is -2.21. The average molecular weight is 275 g/mol. The molecule has 0 radical (unpaired) electrons. The fourth-order valence-corrected chi connectivity index (χ4v) is 2.43. The van der Waals surface area contributed by atoms with Crippen molar-refractivity contribution >= 4 is 17.3 Å². The molecular weight excluding hydrogens is 256 g/mol. The molecule has 1 N–H and O–H groups in total. The molecule has 2 nitrogen and oxygen atoms in total. The van der Waals surface area contributed by atoms with E-state index in [-0.39, 0.29) is 6.04 Å². The maximum atomic E-state index is 6.19. The van der Waals surface area contributed by atoms with Gasteiger partial charge in [0.25, 0.3) is 0 Å². The molecule has 2 aromatic rings. The fourth-order valence-electron chi connectivity index (χ4n) is 2.17. The Kier molecular flexibility index (Phi) is 4.80. The maximum absolute atomic E-state index is 6.19. The Labute approximate surface area is 119 Å². The molecule has 19 heavy (non-hydrogen) atoms. The molecule has 0 fully saturated rings. The van der Waals surface area contributed by atoms with Gasteiger partial charge in [-0.2, -0.15) is 0 Å². The molecule has 0 amide bonds. The van der Waals surface area contributed by atoms with Crippen LogP contribution in [-0.4, -0.2) is 4.98 Å². The molecule has 3 heteroatoms. The van der Waals surface area contributed by atoms with Gasteiger partial charge in [0.2, 0.25) is 0 Å². The number of nitrogens with one attached hydrogen (secondary N) is 1. The van der Waals surface area contributed by atoms with Crippen molar-refractivity contribution in [2.45, 2.75) is 32.7 Å². The number of hydrogen-bond donors (Lipinski definition) is 1. The third-order valence-corrected chi connectivity index (χ3v) is 3.50. The van der Waals surface area contributed by atoms with E-state index in [2.05, 4.69) is 41.5 Å². The Morgan fingerprint density at radius 3 is 2.58 bits per heavy atom. The van der Waals surface area contributed by atoms with Crippen LogP contribution >= 0.6 is 11.6 Å². The van der Waals surface area contributed by atoms with Gasteiger partial charge >= 0.3 is 0 Å². The van der Waals surface area contributed by atoms with Crippen LogP contribution in [0.15, 0.2) is 42.6 Å². The van der Waals surface area contributed by atoms with E-state index >= 15 is 0 Å². The number of hydrogen-bond acceptors (Lipinski definition) is 2. The van der Waals surface area contributed by atoms with Crippen molar-refractivity contribution in [1.29, 1.82) is 0 Å². The van der Waals surface area contributed by atoms with Gasteiger partial charge in [0, 0.05) is 6.20 Å². The van der Waals surface area contributed by atoms with Crippen LogP contribution < -0.4 is 5.32 Å². The molecular formula is C16H19ClN2. The normalized spacial score (nSPS) is 12.2. The lowest BCUT2D eigenvalue weighted by atomic mass is 10.0. The fraction of sp³-hybridized carbons (Fsp3) is 0.312. The molecule has 1 aromatic carbocycles. The first-order chi connectivity index (χ1) is 9.22. The average Bonchev–Trinajstić information content (AvgIpc) is 2.43. The highest BCUT2D eigenvalue weighted by Gasteiger charge is 2.13. The van der Waals surface area contributed by atoms with E-state index in [0.717, 1.165) is 24.1 Å². The van der Waals surface area contributed by atoms with Crippen LogP contribution in [-0.2, 0) is 0 Å². The molecule has 0 bridgehead atoms. The number of pyridine rings is 1. The van der Waals surface area contributed by atoms with Crippen molar-refractivity contribution in [3.05, 3.63) is 58.9 Å². The number of halogens is 1. The Morgan fingerprint density at radius 1 is 1.21 bits per heavy atom. The number of nitrogens with zero attached hydrogens (tertiary/aromatic N) is 1. The highest BCUT2D eigenvalue weighted by atomic mass is 35.5. The minimum atomic E-state index is 0.270. The van der Waals surface area contributed by atoms with Gasteiger partial charge in [-0.3, -0.25) is 0 Å². The van der Waals surface area contributed by atoms with Gasteiger partial charge in [-0.25, -0.2) is 4.98 Å². The zero-order chi connectivity index (χ0) is 13.7. The van der Waals surface area contributed by atoms with Crippen molar-refractivity contribution < 1.29 is 0 Å². The minimum Gasteiger partial charge on any atom is -0.376 e. The van der Waals surface area contributed by atoms with Crippen LogP contribution in [0, 0.1) is 6.92 Å². The summed E-state index contributed by atoms with van der Waals surface area (Å²) in [6.45, 7) is 4.24. The standard InChI is InChI=1S/C16H19ClN2/c1-3-7-14(13-8-5-4-6-9-13)19-15-12(2)10-11-18-16(15)17/h4-6,8-11,14,19H,3,7H2,1-2H3. The van der Waals surface area contributed by atoms with Gasteiger partial charge in [-0.05, 0) is 30.5 Å². The van der Waals surface area contributed by atoms with Crippen molar-refractivity contribution in [3.63, 3.8) is 0 Å². The molecule has 0 aliphatic carbocycles. The summed E-state index contributed by atoms with van der Waals surface area (Å²) < 4.78 is 0. The van der Waals surface area contributed by atoms with Crippen molar-refractivity contribution in [2.75, 3.05) is 5.32 Å². The second-order valence-electron chi connectivity index (χ2n) is 4.69. The van der Waals surface area contributed by atoms with Crippen LogP contribution in [0.25, 0.3) is 0 Å². The molecule has 1 aromatic heterocycles. The van der Waals surface area contributed by atoms with E-state index in [1.54, 1.807) is 6.20 Å². The lowest BCUT2D eigenvalue weighted by molar-refractivity contribution is 0.676. The molecule has 1 atom stereocenters. The van der Waals surface area contributed by atoms with E-state index in [4.69, 9.17) is 11.6 Å². The van der Waals surface area contributed by atoms with E-state index in [9.17, 15) is 0 Å². The maximum Gasteiger partial charge on any atom is 0.152 e. The molecule has 0 spiro atoms. The number of rotatable bonds is 5. The quantitative estimate of drug-likeness (QED) is 0.777. The van der Waals surface area contributed by atoms with Gasteiger partial charge < -0.3 is 5.32 Å². The Morgan fingerprint density at radius 2 is 1.95 bits per heavy atom. The Bertz CT molecular complexity index is 505. The van der Waals surface area contributed by atoms with Crippen LogP contribution in [0.3, 0.4) is 0 Å². The summed E-state index contributed by atoms with van der Waals surface area (Å²) >= 11 is 6.19. The third-order valence-electron chi connectivity index (χ3n) is 3.21. The first-order valence-corrected chi connectivity index (χ1v) is 7.02. The van der Waals surface area contributed by atoms with Gasteiger partial charge in [-0.15, -0.1) is 0 Å². The van der Waals surface area contributed by atoms with Crippen LogP contribution in [0.2, 0.25) is 5.15 Å². The van der Waals surface area contributed by atoms with Crippen LogP contribution in [0.1, 0.15) is 36.9 Å². The summed E-state index contributed by atoms with van der Waals surface area (Å²) in [4.78, 5) is 4.15. The summed E-state index contributed by atoms with van der Waals surface area (Å²) in [6.07, 6.45) is 3.92. The zero-order valence-corrected chi connectivity index (χ0v) is 12.1. The molecule has 0 aliphatic rings. The first kappa shape index (κ1) is 13.9. The summed E-state index contributed by atoms with van der Waals surface area (Å²) in [6, 6.07) is 12.7. The second-order valence-corrected chi connectivity index (χ2v) is 5.05. The van der Waals surface area contributed by atoms with Crippen LogP contribution in [0.5, 0.6) is 0 Å². The number of anilines is 1. The van der Waals surface area contributed by atoms with E-state index in [1.807, 2.05) is 19.1 Å². The highest BCUT2D eigenvalue weighted by Crippen LogP contribution is 2.29. The Hall–Kier alpha value is -1.54. The molecule has 100 valence electrons. The number of benzene rings is 1. The summed E-state index contributed by atoms with van der Waals surface area (Å²) in [5.41, 5.74) is 3.34. The van der Waals surface area contributed by atoms with Crippen molar-refractivity contribution in [2.24, 2.45) is 0 Å². The largest absolute Gasteiger partial charge is 0.376 e. The highest BCUT2D eigenvalue weighted by molar-refractivity contribution is 6.32. The number of aromatic nitrogens is 1. The molecule has 0 aliphatic heterocycles. The molecule has 2 rings (SSSR count). The summed E-state index contributed by atoms with van der Waals surface area (Å²) in [5, 5.41) is 4.08. The van der Waals surface area contributed by atoms with Crippen LogP contribution in [0.4, 0.5) is 5.69 Å². The molecule has 1 unspecified atom stereocenters. The van der Waals surface area contributed by atoms with E-state index < -0.39 is 0 Å². The minimum absolute atomic E-state index is 0.270. The summed E-state index contributed by atoms with van der Waals surface area (Å²) in [5.74, 6) is 0. The van der Waals surface area contributed by atoms with Crippen molar-refractivity contribution in [1.82, 2.24) is 4.98 Å². The lowest BCUT2D eigenvalue weighted by Crippen LogP contribution is -2.12. The van der Waals surface area contributed by atoms with Crippen molar-refractivity contribution in [3.8, 4) is 0 Å². The first-order valence-electron chi connectivity index (χ1n) is 6.65. The summed E-state index contributed by atoms with van der Waals surface area (Å²) in [7, 11) is 0. The zero-order valence-electron chi connectivity index (χ0n) is 11.4. The number of aryl methyl sites for hydroxylation is 1. The SMILES string of the molecule is CCCC(Nc1c(C)ccnc1Cl)c1ccccc1. The molecule has 0 saturated heterocycles. The smallest absolute Gasteiger partial charge is 0.152 e.